The lowest BCUT2D eigenvalue weighted by Gasteiger charge is -2.19. The number of ether oxygens (including phenoxy) is 1. The molecule has 2 aromatic rings. The lowest BCUT2D eigenvalue weighted by atomic mass is 10.2. The highest BCUT2D eigenvalue weighted by Crippen LogP contribution is 2.29. The third kappa shape index (κ3) is 4.32. The monoisotopic (exact) mass is 397 g/mol. The van der Waals surface area contributed by atoms with Gasteiger partial charge >= 0.3 is 0 Å². The van der Waals surface area contributed by atoms with Crippen LogP contribution in [-0.2, 0) is 10.0 Å². The molecule has 0 radical (unpaired) electrons. The van der Waals surface area contributed by atoms with E-state index >= 15 is 0 Å². The first kappa shape index (κ1) is 20.2. The molecule has 9 heteroatoms. The second-order valence-corrected chi connectivity index (χ2v) is 7.60. The number of benzene rings is 1. The van der Waals surface area contributed by atoms with Gasteiger partial charge in [0, 0.05) is 19.3 Å². The zero-order valence-electron chi connectivity index (χ0n) is 14.7. The average Bonchev–Trinajstić information content (AvgIpc) is 2.63. The molecule has 0 fully saturated rings. The van der Waals surface area contributed by atoms with Gasteiger partial charge in [0.15, 0.2) is 0 Å². The number of carbonyl (C=O) groups is 1. The Morgan fingerprint density at radius 2 is 1.92 bits per heavy atom. The standard InChI is InChI=1S/C17H20ClN3O4S/c1-4-21(5-2)26(23,24)13-7-8-15(25-3)14(10-13)20-17(22)12-6-9-16(18)19-11-12/h6-11H,4-5H2,1-3H3,(H,20,22). The van der Waals surface area contributed by atoms with Crippen LogP contribution in [0, 0.1) is 0 Å². The number of nitrogens with zero attached hydrogens (tertiary/aromatic N) is 2. The molecule has 1 amide bonds. The molecule has 1 aromatic heterocycles. The molecule has 0 aliphatic carbocycles. The molecule has 0 bridgehead atoms. The Kier molecular flexibility index (Phi) is 6.57. The summed E-state index contributed by atoms with van der Waals surface area (Å²) in [4.78, 5) is 16.3. The number of hydrogen-bond donors (Lipinski definition) is 1. The number of carbonyl (C=O) groups excluding carboxylic acids is 1. The number of nitrogens with one attached hydrogen (secondary N) is 1. The van der Waals surface area contributed by atoms with Gasteiger partial charge in [0.2, 0.25) is 10.0 Å². The van der Waals surface area contributed by atoms with Gasteiger partial charge in [-0.2, -0.15) is 4.31 Å². The van der Waals surface area contributed by atoms with Crippen molar-refractivity contribution in [3.63, 3.8) is 0 Å². The van der Waals surface area contributed by atoms with Crippen molar-refractivity contribution in [2.45, 2.75) is 18.7 Å². The van der Waals surface area contributed by atoms with E-state index in [1.54, 1.807) is 13.8 Å². The molecule has 26 heavy (non-hydrogen) atoms. The number of aromatic nitrogens is 1. The minimum atomic E-state index is -3.66. The third-order valence-corrected chi connectivity index (χ3v) is 6.02. The molecule has 0 spiro atoms. The summed E-state index contributed by atoms with van der Waals surface area (Å²) in [5, 5.41) is 2.92. The van der Waals surface area contributed by atoms with Gasteiger partial charge in [0.1, 0.15) is 10.9 Å². The number of anilines is 1. The Morgan fingerprint density at radius 1 is 1.23 bits per heavy atom. The molecule has 0 atom stereocenters. The van der Waals surface area contributed by atoms with Crippen LogP contribution >= 0.6 is 11.6 Å². The van der Waals surface area contributed by atoms with Crippen molar-refractivity contribution in [2.24, 2.45) is 0 Å². The second-order valence-electron chi connectivity index (χ2n) is 5.28. The van der Waals surface area contributed by atoms with Crippen LogP contribution in [0.3, 0.4) is 0 Å². The Morgan fingerprint density at radius 3 is 2.46 bits per heavy atom. The Bertz CT molecular complexity index is 881. The summed E-state index contributed by atoms with van der Waals surface area (Å²) < 4.78 is 31.9. The molecule has 2 rings (SSSR count). The lowest BCUT2D eigenvalue weighted by molar-refractivity contribution is 0.102. The number of pyridine rings is 1. The fourth-order valence-electron chi connectivity index (χ4n) is 2.36. The third-order valence-electron chi connectivity index (χ3n) is 3.75. The first-order chi connectivity index (χ1) is 12.3. The van der Waals surface area contributed by atoms with E-state index in [1.165, 1.54) is 47.9 Å². The normalized spacial score (nSPS) is 11.4. The van der Waals surface area contributed by atoms with Crippen molar-refractivity contribution < 1.29 is 17.9 Å². The minimum Gasteiger partial charge on any atom is -0.495 e. The SMILES string of the molecule is CCN(CC)S(=O)(=O)c1ccc(OC)c(NC(=O)c2ccc(Cl)nc2)c1. The molecule has 0 saturated heterocycles. The zero-order chi connectivity index (χ0) is 19.3. The van der Waals surface area contributed by atoms with E-state index in [4.69, 9.17) is 16.3 Å². The fourth-order valence-corrected chi connectivity index (χ4v) is 3.96. The number of halogens is 1. The summed E-state index contributed by atoms with van der Waals surface area (Å²) in [5.41, 5.74) is 0.536. The van der Waals surface area contributed by atoms with Gasteiger partial charge in [-0.15, -0.1) is 0 Å². The van der Waals surface area contributed by atoms with Crippen LogP contribution in [0.1, 0.15) is 24.2 Å². The van der Waals surface area contributed by atoms with E-state index in [0.717, 1.165) is 0 Å². The van der Waals surface area contributed by atoms with Gasteiger partial charge in [0.05, 0.1) is 23.3 Å². The van der Waals surface area contributed by atoms with Crippen LogP contribution in [0.15, 0.2) is 41.4 Å². The first-order valence-electron chi connectivity index (χ1n) is 7.94. The summed E-state index contributed by atoms with van der Waals surface area (Å²) in [6, 6.07) is 7.36. The van der Waals surface area contributed by atoms with E-state index in [2.05, 4.69) is 10.3 Å². The molecule has 0 unspecified atom stereocenters. The molecular formula is C17H20ClN3O4S. The molecule has 0 saturated carbocycles. The Hall–Kier alpha value is -2.16. The zero-order valence-corrected chi connectivity index (χ0v) is 16.3. The molecule has 140 valence electrons. The van der Waals surface area contributed by atoms with E-state index in [0.29, 0.717) is 18.8 Å². The van der Waals surface area contributed by atoms with Crippen LogP contribution in [0.4, 0.5) is 5.69 Å². The summed E-state index contributed by atoms with van der Waals surface area (Å²) >= 11 is 5.72. The number of methoxy groups -OCH3 is 1. The molecule has 1 aromatic carbocycles. The van der Waals surface area contributed by atoms with Crippen LogP contribution in [0.25, 0.3) is 0 Å². The molecule has 7 nitrogen and oxygen atoms in total. The second kappa shape index (κ2) is 8.48. The first-order valence-corrected chi connectivity index (χ1v) is 9.76. The van der Waals surface area contributed by atoms with Gasteiger partial charge < -0.3 is 10.1 Å². The molecular weight excluding hydrogens is 378 g/mol. The van der Waals surface area contributed by atoms with Gasteiger partial charge in [0.25, 0.3) is 5.91 Å². The van der Waals surface area contributed by atoms with Crippen molar-refractivity contribution >= 4 is 33.2 Å². The fraction of sp³-hybridized carbons (Fsp3) is 0.294. The highest BCUT2D eigenvalue weighted by molar-refractivity contribution is 7.89. The largest absolute Gasteiger partial charge is 0.495 e. The van der Waals surface area contributed by atoms with Gasteiger partial charge in [-0.05, 0) is 30.3 Å². The van der Waals surface area contributed by atoms with Crippen LogP contribution in [0.5, 0.6) is 5.75 Å². The van der Waals surface area contributed by atoms with Crippen molar-refractivity contribution in [1.82, 2.24) is 9.29 Å². The summed E-state index contributed by atoms with van der Waals surface area (Å²) in [6.45, 7) is 4.23. The van der Waals surface area contributed by atoms with Crippen LogP contribution < -0.4 is 10.1 Å². The Labute approximate surface area is 158 Å². The summed E-state index contributed by atoms with van der Waals surface area (Å²) in [5.74, 6) is -0.108. The van der Waals surface area contributed by atoms with Gasteiger partial charge in [-0.25, -0.2) is 13.4 Å². The predicted molar refractivity (Wildman–Crippen MR) is 100 cm³/mol. The van der Waals surface area contributed by atoms with Gasteiger partial charge in [-0.1, -0.05) is 25.4 Å². The smallest absolute Gasteiger partial charge is 0.257 e. The highest BCUT2D eigenvalue weighted by Gasteiger charge is 2.23. The maximum absolute atomic E-state index is 12.7. The summed E-state index contributed by atoms with van der Waals surface area (Å²) in [7, 11) is -2.22. The molecule has 0 aliphatic rings. The highest BCUT2D eigenvalue weighted by atomic mass is 35.5. The summed E-state index contributed by atoms with van der Waals surface area (Å²) in [6.07, 6.45) is 1.33. The average molecular weight is 398 g/mol. The molecule has 1 heterocycles. The van der Waals surface area contributed by atoms with E-state index in [1.807, 2.05) is 0 Å². The van der Waals surface area contributed by atoms with Crippen molar-refractivity contribution in [1.29, 1.82) is 0 Å². The predicted octanol–water partition coefficient (Wildman–Crippen LogP) is 3.03. The Balaban J connectivity index is 2.38. The van der Waals surface area contributed by atoms with E-state index in [9.17, 15) is 13.2 Å². The number of rotatable bonds is 7. The van der Waals surface area contributed by atoms with Crippen LogP contribution in [-0.4, -0.2) is 43.8 Å². The van der Waals surface area contributed by atoms with Crippen LogP contribution in [0.2, 0.25) is 5.15 Å². The van der Waals surface area contributed by atoms with E-state index < -0.39 is 15.9 Å². The van der Waals surface area contributed by atoms with Crippen molar-refractivity contribution in [2.75, 3.05) is 25.5 Å². The topological polar surface area (TPSA) is 88.6 Å². The maximum Gasteiger partial charge on any atom is 0.257 e. The minimum absolute atomic E-state index is 0.0755. The molecule has 0 aliphatic heterocycles. The number of hydrogen-bond acceptors (Lipinski definition) is 5. The number of amides is 1. The molecule has 1 N–H and O–H groups in total. The van der Waals surface area contributed by atoms with Crippen molar-refractivity contribution in [3.8, 4) is 5.75 Å². The van der Waals surface area contributed by atoms with E-state index in [-0.39, 0.29) is 21.3 Å². The van der Waals surface area contributed by atoms with Crippen molar-refractivity contribution in [3.05, 3.63) is 47.2 Å². The number of sulfonamides is 1. The quantitative estimate of drug-likeness (QED) is 0.725. The lowest BCUT2D eigenvalue weighted by Crippen LogP contribution is -2.30. The van der Waals surface area contributed by atoms with Gasteiger partial charge in [-0.3, -0.25) is 4.79 Å². The maximum atomic E-state index is 12.7.